The van der Waals surface area contributed by atoms with Crippen LogP contribution in [0.2, 0.25) is 0 Å². The Hall–Kier alpha value is -2.71. The quantitative estimate of drug-likeness (QED) is 0.782. The molecule has 1 heterocycles. The van der Waals surface area contributed by atoms with Gasteiger partial charge in [-0.15, -0.1) is 0 Å². The summed E-state index contributed by atoms with van der Waals surface area (Å²) in [6, 6.07) is 16.9. The summed E-state index contributed by atoms with van der Waals surface area (Å²) in [7, 11) is -3.74. The van der Waals surface area contributed by atoms with E-state index in [1.165, 1.54) is 0 Å². The van der Waals surface area contributed by atoms with Gasteiger partial charge in [-0.3, -0.25) is 4.79 Å². The third-order valence-electron chi connectivity index (χ3n) is 4.64. The summed E-state index contributed by atoms with van der Waals surface area (Å²) in [5.41, 5.74) is 1.43. The van der Waals surface area contributed by atoms with Crippen LogP contribution in [0, 0.1) is 0 Å². The van der Waals surface area contributed by atoms with Crippen LogP contribution in [-0.4, -0.2) is 37.9 Å². The average molecular weight is 416 g/mol. The van der Waals surface area contributed by atoms with Crippen molar-refractivity contribution in [2.75, 3.05) is 6.54 Å². The summed E-state index contributed by atoms with van der Waals surface area (Å²) < 4.78 is 32.8. The van der Waals surface area contributed by atoms with Gasteiger partial charge in [0.1, 0.15) is 12.6 Å². The minimum absolute atomic E-state index is 0.0495. The van der Waals surface area contributed by atoms with Crippen molar-refractivity contribution in [1.82, 2.24) is 9.62 Å². The van der Waals surface area contributed by atoms with Gasteiger partial charge in [-0.1, -0.05) is 60.7 Å². The Kier molecular flexibility index (Phi) is 7.00. The van der Waals surface area contributed by atoms with E-state index < -0.39 is 28.1 Å². The normalized spacial score (nSPS) is 17.6. The molecule has 0 spiro atoms. The lowest BCUT2D eigenvalue weighted by atomic mass is 10.1. The van der Waals surface area contributed by atoms with Crippen LogP contribution in [0.15, 0.2) is 60.7 Å². The molecule has 0 aliphatic carbocycles. The van der Waals surface area contributed by atoms with Crippen molar-refractivity contribution in [3.05, 3.63) is 71.8 Å². The molecule has 2 aromatic carbocycles. The number of hydrogen-bond acceptors (Lipinski definition) is 5. The van der Waals surface area contributed by atoms with Gasteiger partial charge in [0.15, 0.2) is 0 Å². The topological polar surface area (TPSA) is 92.8 Å². The Balaban J connectivity index is 1.63. The molecular formula is C21H24N2O5S. The largest absolute Gasteiger partial charge is 0.444 e. The zero-order chi connectivity index (χ0) is 20.7. The number of carbonyl (C=O) groups excluding carboxylic acids is 2. The maximum Gasteiger partial charge on any atom is 0.416 e. The van der Waals surface area contributed by atoms with E-state index in [4.69, 9.17) is 4.74 Å². The highest BCUT2D eigenvalue weighted by atomic mass is 32.2. The predicted octanol–water partition coefficient (Wildman–Crippen LogP) is 2.82. The zero-order valence-corrected chi connectivity index (χ0v) is 16.8. The standard InChI is InChI=1S/C21H24N2O5S/c24-20-19(22-29(26,27)16-18-11-5-2-6-12-18)13-7-8-14-23(20)21(25)28-15-17-9-3-1-4-10-17/h1-6,9-12,19,22H,7-8,13-16H2/t19-/m0/s1. The minimum atomic E-state index is -3.74. The molecular weight excluding hydrogens is 392 g/mol. The van der Waals surface area contributed by atoms with Gasteiger partial charge < -0.3 is 4.74 Å². The van der Waals surface area contributed by atoms with E-state index in [1.54, 1.807) is 30.3 Å². The molecule has 8 heteroatoms. The van der Waals surface area contributed by atoms with Crippen LogP contribution >= 0.6 is 0 Å². The first-order chi connectivity index (χ1) is 13.9. The van der Waals surface area contributed by atoms with E-state index in [1.807, 2.05) is 30.3 Å². The molecule has 0 radical (unpaired) electrons. The molecule has 1 aliphatic heterocycles. The molecule has 0 saturated carbocycles. The van der Waals surface area contributed by atoms with Crippen LogP contribution in [0.4, 0.5) is 4.79 Å². The van der Waals surface area contributed by atoms with Crippen LogP contribution < -0.4 is 4.72 Å². The van der Waals surface area contributed by atoms with Gasteiger partial charge in [-0.25, -0.2) is 22.8 Å². The van der Waals surface area contributed by atoms with Crippen LogP contribution in [0.1, 0.15) is 30.4 Å². The summed E-state index contributed by atoms with van der Waals surface area (Å²) >= 11 is 0. The van der Waals surface area contributed by atoms with Crippen molar-refractivity contribution in [1.29, 1.82) is 0 Å². The minimum Gasteiger partial charge on any atom is -0.444 e. The molecule has 1 atom stereocenters. The first-order valence-electron chi connectivity index (χ1n) is 9.50. The van der Waals surface area contributed by atoms with Gasteiger partial charge in [-0.2, -0.15) is 0 Å². The lowest BCUT2D eigenvalue weighted by Gasteiger charge is -2.22. The Morgan fingerprint density at radius 1 is 1.00 bits per heavy atom. The van der Waals surface area contributed by atoms with Gasteiger partial charge in [0.2, 0.25) is 15.9 Å². The first-order valence-corrected chi connectivity index (χ1v) is 11.2. The van der Waals surface area contributed by atoms with Crippen molar-refractivity contribution in [3.8, 4) is 0 Å². The summed E-state index contributed by atoms with van der Waals surface area (Å²) in [5, 5.41) is 0. The summed E-state index contributed by atoms with van der Waals surface area (Å²) in [6.07, 6.45) is 0.818. The molecule has 0 unspecified atom stereocenters. The van der Waals surface area contributed by atoms with Crippen molar-refractivity contribution < 1.29 is 22.7 Å². The Bertz CT molecular complexity index is 932. The number of carbonyl (C=O) groups is 2. The highest BCUT2D eigenvalue weighted by Crippen LogP contribution is 2.16. The number of hydrogen-bond donors (Lipinski definition) is 1. The number of nitrogens with one attached hydrogen (secondary N) is 1. The van der Waals surface area contributed by atoms with Crippen molar-refractivity contribution >= 4 is 22.0 Å². The fourth-order valence-corrected chi connectivity index (χ4v) is 4.55. The molecule has 0 bridgehead atoms. The number of imide groups is 1. The smallest absolute Gasteiger partial charge is 0.416 e. The van der Waals surface area contributed by atoms with Gasteiger partial charge in [0, 0.05) is 6.54 Å². The van der Waals surface area contributed by atoms with Crippen LogP contribution in [0.25, 0.3) is 0 Å². The van der Waals surface area contributed by atoms with E-state index in [0.29, 0.717) is 24.8 Å². The van der Waals surface area contributed by atoms with Gasteiger partial charge in [-0.05, 0) is 30.4 Å². The predicted molar refractivity (Wildman–Crippen MR) is 108 cm³/mol. The number of benzene rings is 2. The summed E-state index contributed by atoms with van der Waals surface area (Å²) in [5.74, 6) is -0.798. The highest BCUT2D eigenvalue weighted by molar-refractivity contribution is 7.88. The monoisotopic (exact) mass is 416 g/mol. The number of ether oxygens (including phenoxy) is 1. The molecule has 1 N–H and O–H groups in total. The summed E-state index contributed by atoms with van der Waals surface area (Å²) in [4.78, 5) is 26.3. The second-order valence-electron chi connectivity index (χ2n) is 6.94. The Labute approximate surface area is 170 Å². The Morgan fingerprint density at radius 2 is 1.62 bits per heavy atom. The van der Waals surface area contributed by atoms with E-state index in [0.717, 1.165) is 10.5 Å². The third-order valence-corrected chi connectivity index (χ3v) is 5.99. The summed E-state index contributed by atoms with van der Waals surface area (Å²) in [6.45, 7) is 0.261. The fourth-order valence-electron chi connectivity index (χ4n) is 3.18. The molecule has 154 valence electrons. The van der Waals surface area contributed by atoms with E-state index in [9.17, 15) is 18.0 Å². The molecule has 1 saturated heterocycles. The zero-order valence-electron chi connectivity index (χ0n) is 16.0. The van der Waals surface area contributed by atoms with E-state index in [2.05, 4.69) is 4.72 Å². The molecule has 2 aromatic rings. The van der Waals surface area contributed by atoms with Crippen LogP contribution in [-0.2, 0) is 31.9 Å². The first kappa shape index (κ1) is 21.0. The maximum atomic E-state index is 12.8. The van der Waals surface area contributed by atoms with E-state index >= 15 is 0 Å². The lowest BCUT2D eigenvalue weighted by molar-refractivity contribution is -0.130. The van der Waals surface area contributed by atoms with Crippen molar-refractivity contribution in [2.24, 2.45) is 0 Å². The third kappa shape index (κ3) is 6.13. The molecule has 7 nitrogen and oxygen atoms in total. The van der Waals surface area contributed by atoms with Crippen LogP contribution in [0.5, 0.6) is 0 Å². The van der Waals surface area contributed by atoms with Crippen molar-refractivity contribution in [3.63, 3.8) is 0 Å². The van der Waals surface area contributed by atoms with Crippen molar-refractivity contribution in [2.45, 2.75) is 37.7 Å². The number of rotatable bonds is 6. The number of likely N-dealkylation sites (tertiary alicyclic amines) is 1. The van der Waals surface area contributed by atoms with E-state index in [-0.39, 0.29) is 18.9 Å². The number of amides is 2. The molecule has 3 rings (SSSR count). The molecule has 2 amide bonds. The second kappa shape index (κ2) is 9.67. The van der Waals surface area contributed by atoms with Gasteiger partial charge >= 0.3 is 6.09 Å². The van der Waals surface area contributed by atoms with Gasteiger partial charge in [0.25, 0.3) is 0 Å². The molecule has 0 aromatic heterocycles. The number of sulfonamides is 1. The molecule has 1 fully saturated rings. The fraction of sp³-hybridized carbons (Fsp3) is 0.333. The number of nitrogens with zero attached hydrogens (tertiary/aromatic N) is 1. The van der Waals surface area contributed by atoms with Crippen LogP contribution in [0.3, 0.4) is 0 Å². The average Bonchev–Trinajstić information content (AvgIpc) is 2.89. The molecule has 29 heavy (non-hydrogen) atoms. The lowest BCUT2D eigenvalue weighted by Crippen LogP contribution is -2.49. The molecule has 1 aliphatic rings. The SMILES string of the molecule is O=C(OCc1ccccc1)N1CCCC[C@H](NS(=O)(=O)Cc2ccccc2)C1=O. The highest BCUT2D eigenvalue weighted by Gasteiger charge is 2.34. The Morgan fingerprint density at radius 3 is 2.28 bits per heavy atom. The maximum absolute atomic E-state index is 12.8. The second-order valence-corrected chi connectivity index (χ2v) is 8.69. The van der Waals surface area contributed by atoms with Gasteiger partial charge in [0.05, 0.1) is 5.75 Å².